The molecule has 0 aliphatic carbocycles. The summed E-state index contributed by atoms with van der Waals surface area (Å²) in [6.07, 6.45) is 1.35. The predicted octanol–water partition coefficient (Wildman–Crippen LogP) is 3.31. The summed E-state index contributed by atoms with van der Waals surface area (Å²) in [4.78, 5) is 52.4. The van der Waals surface area contributed by atoms with Gasteiger partial charge in [-0.05, 0) is 55.7 Å². The Balaban J connectivity index is 1.46. The van der Waals surface area contributed by atoms with E-state index in [1.54, 1.807) is 30.0 Å². The van der Waals surface area contributed by atoms with Crippen LogP contribution in [0, 0.1) is 19.8 Å². The first-order chi connectivity index (χ1) is 14.8. The number of para-hydroxylation sites is 1. The quantitative estimate of drug-likeness (QED) is 0.431. The van der Waals surface area contributed by atoms with Crippen LogP contribution >= 0.6 is 0 Å². The van der Waals surface area contributed by atoms with Gasteiger partial charge in [0.25, 0.3) is 0 Å². The number of imide groups is 1. The van der Waals surface area contributed by atoms with Crippen molar-refractivity contribution in [2.24, 2.45) is 5.92 Å². The minimum atomic E-state index is -0.558. The topological polar surface area (TPSA) is 84.0 Å². The van der Waals surface area contributed by atoms with Gasteiger partial charge in [0.05, 0.1) is 11.6 Å². The lowest BCUT2D eigenvalue weighted by Crippen LogP contribution is -2.40. The largest absolute Gasteiger partial charge is 0.426 e. The fourth-order valence-electron chi connectivity index (χ4n) is 4.13. The number of hydrogen-bond donors (Lipinski definition) is 0. The number of esters is 1. The summed E-state index contributed by atoms with van der Waals surface area (Å²) < 4.78 is 5.53. The lowest BCUT2D eigenvalue weighted by molar-refractivity contribution is -0.139. The molecule has 2 saturated heterocycles. The molecule has 3 amide bonds. The van der Waals surface area contributed by atoms with Crippen molar-refractivity contribution in [1.29, 1.82) is 0 Å². The maximum absolute atomic E-state index is 12.7. The second-order valence-corrected chi connectivity index (χ2v) is 8.04. The molecular weight excluding hydrogens is 396 g/mol. The third-order valence-corrected chi connectivity index (χ3v) is 5.77. The van der Waals surface area contributed by atoms with E-state index in [0.717, 1.165) is 11.3 Å². The molecule has 1 atom stereocenters. The summed E-state index contributed by atoms with van der Waals surface area (Å²) in [6.45, 7) is 3.97. The highest BCUT2D eigenvalue weighted by Gasteiger charge is 2.37. The number of carbonyl (C=O) groups excluding carboxylic acids is 4. The molecule has 7 nitrogen and oxygen atoms in total. The number of aryl methyl sites for hydroxylation is 2. The van der Waals surface area contributed by atoms with Crippen LogP contribution in [0.2, 0.25) is 0 Å². The molecule has 2 aliphatic rings. The summed E-state index contributed by atoms with van der Waals surface area (Å²) in [6, 6.07) is 12.4. The van der Waals surface area contributed by atoms with Crippen LogP contribution in [0.15, 0.2) is 42.5 Å². The van der Waals surface area contributed by atoms with Crippen molar-refractivity contribution in [1.82, 2.24) is 0 Å². The SMILES string of the molecule is Cc1ccccc1N1C[C@H](C(=O)Oc2ccc(N3C(=O)CCCC3=O)c(C)c2)CC1=O. The van der Waals surface area contributed by atoms with E-state index in [2.05, 4.69) is 0 Å². The second kappa shape index (κ2) is 8.34. The average molecular weight is 420 g/mol. The molecule has 2 aromatic carbocycles. The highest BCUT2D eigenvalue weighted by molar-refractivity contribution is 6.16. The number of amides is 3. The fraction of sp³-hybridized carbons (Fsp3) is 0.333. The van der Waals surface area contributed by atoms with Gasteiger partial charge in [0.2, 0.25) is 17.7 Å². The van der Waals surface area contributed by atoms with Crippen LogP contribution in [-0.2, 0) is 19.2 Å². The number of ether oxygens (including phenoxy) is 1. The number of nitrogens with zero attached hydrogens (tertiary/aromatic N) is 2. The van der Waals surface area contributed by atoms with Crippen LogP contribution in [0.25, 0.3) is 0 Å². The van der Waals surface area contributed by atoms with Gasteiger partial charge in [-0.3, -0.25) is 24.1 Å². The number of rotatable bonds is 4. The van der Waals surface area contributed by atoms with Gasteiger partial charge in [-0.2, -0.15) is 0 Å². The summed E-state index contributed by atoms with van der Waals surface area (Å²) in [7, 11) is 0. The van der Waals surface area contributed by atoms with E-state index in [0.29, 0.717) is 36.3 Å². The fourth-order valence-corrected chi connectivity index (χ4v) is 4.13. The van der Waals surface area contributed by atoms with Gasteiger partial charge in [0, 0.05) is 31.5 Å². The van der Waals surface area contributed by atoms with Crippen LogP contribution in [0.3, 0.4) is 0 Å². The molecule has 0 saturated carbocycles. The van der Waals surface area contributed by atoms with Gasteiger partial charge in [-0.25, -0.2) is 0 Å². The molecule has 4 rings (SSSR count). The molecule has 31 heavy (non-hydrogen) atoms. The zero-order valence-corrected chi connectivity index (χ0v) is 17.6. The molecule has 7 heteroatoms. The third kappa shape index (κ3) is 4.08. The maximum atomic E-state index is 12.7. The Bertz CT molecular complexity index is 1060. The monoisotopic (exact) mass is 420 g/mol. The zero-order valence-electron chi connectivity index (χ0n) is 17.6. The van der Waals surface area contributed by atoms with E-state index >= 15 is 0 Å². The molecule has 0 radical (unpaired) electrons. The number of piperidine rings is 1. The standard InChI is InChI=1S/C24H24N2O5/c1-15-6-3-4-7-19(15)25-14-17(13-23(25)29)24(30)31-18-10-11-20(16(2)12-18)26-21(27)8-5-9-22(26)28/h3-4,6-7,10-12,17H,5,8-9,13-14H2,1-2H3/t17-/m1/s1. The van der Waals surface area contributed by atoms with Gasteiger partial charge >= 0.3 is 5.97 Å². The Morgan fingerprint density at radius 1 is 0.903 bits per heavy atom. The van der Waals surface area contributed by atoms with Crippen LogP contribution < -0.4 is 14.5 Å². The first-order valence-corrected chi connectivity index (χ1v) is 10.4. The summed E-state index contributed by atoms with van der Waals surface area (Å²) in [5, 5.41) is 0. The molecule has 0 aromatic heterocycles. The molecule has 0 N–H and O–H groups in total. The molecule has 2 heterocycles. The summed E-state index contributed by atoms with van der Waals surface area (Å²) in [5.74, 6) is -1.25. The molecular formula is C24H24N2O5. The molecule has 0 unspecified atom stereocenters. The normalized spacial score (nSPS) is 19.2. The van der Waals surface area contributed by atoms with Crippen molar-refractivity contribution in [2.75, 3.05) is 16.3 Å². The van der Waals surface area contributed by atoms with Gasteiger partial charge in [-0.15, -0.1) is 0 Å². The molecule has 0 bridgehead atoms. The van der Waals surface area contributed by atoms with E-state index in [4.69, 9.17) is 4.74 Å². The molecule has 2 aliphatic heterocycles. The molecule has 0 spiro atoms. The van der Waals surface area contributed by atoms with Crippen molar-refractivity contribution in [3.05, 3.63) is 53.6 Å². The van der Waals surface area contributed by atoms with E-state index in [-0.39, 0.29) is 30.7 Å². The van der Waals surface area contributed by atoms with Crippen LogP contribution in [0.1, 0.15) is 36.8 Å². The van der Waals surface area contributed by atoms with E-state index in [1.165, 1.54) is 4.90 Å². The van der Waals surface area contributed by atoms with Crippen molar-refractivity contribution in [2.45, 2.75) is 39.5 Å². The Hall–Kier alpha value is -3.48. The first kappa shape index (κ1) is 20.8. The number of carbonyl (C=O) groups is 4. The van der Waals surface area contributed by atoms with Crippen LogP contribution in [0.4, 0.5) is 11.4 Å². The van der Waals surface area contributed by atoms with Crippen LogP contribution in [0.5, 0.6) is 5.75 Å². The predicted molar refractivity (Wildman–Crippen MR) is 115 cm³/mol. The number of benzene rings is 2. The van der Waals surface area contributed by atoms with Gasteiger partial charge < -0.3 is 9.64 Å². The van der Waals surface area contributed by atoms with Gasteiger partial charge in [0.1, 0.15) is 5.75 Å². The Morgan fingerprint density at radius 3 is 2.29 bits per heavy atom. The minimum absolute atomic E-state index is 0.0982. The van der Waals surface area contributed by atoms with Gasteiger partial charge in [0.15, 0.2) is 0 Å². The smallest absolute Gasteiger partial charge is 0.316 e. The zero-order chi connectivity index (χ0) is 22.1. The Labute approximate surface area is 180 Å². The molecule has 160 valence electrons. The van der Waals surface area contributed by atoms with Gasteiger partial charge in [-0.1, -0.05) is 18.2 Å². The Morgan fingerprint density at radius 2 is 1.61 bits per heavy atom. The van der Waals surface area contributed by atoms with Crippen molar-refractivity contribution in [3.63, 3.8) is 0 Å². The van der Waals surface area contributed by atoms with E-state index in [9.17, 15) is 19.2 Å². The molecule has 2 aromatic rings. The third-order valence-electron chi connectivity index (χ3n) is 5.77. The van der Waals surface area contributed by atoms with E-state index in [1.807, 2.05) is 31.2 Å². The number of anilines is 2. The average Bonchev–Trinajstić information content (AvgIpc) is 3.11. The van der Waals surface area contributed by atoms with Crippen molar-refractivity contribution < 1.29 is 23.9 Å². The van der Waals surface area contributed by atoms with Crippen LogP contribution in [-0.4, -0.2) is 30.2 Å². The summed E-state index contributed by atoms with van der Waals surface area (Å²) in [5.41, 5.74) is 2.95. The Kier molecular flexibility index (Phi) is 5.59. The summed E-state index contributed by atoms with van der Waals surface area (Å²) >= 11 is 0. The second-order valence-electron chi connectivity index (χ2n) is 8.04. The molecule has 2 fully saturated rings. The number of hydrogen-bond acceptors (Lipinski definition) is 5. The highest BCUT2D eigenvalue weighted by Crippen LogP contribution is 2.31. The lowest BCUT2D eigenvalue weighted by atomic mass is 10.1. The minimum Gasteiger partial charge on any atom is -0.426 e. The maximum Gasteiger partial charge on any atom is 0.316 e. The first-order valence-electron chi connectivity index (χ1n) is 10.4. The highest BCUT2D eigenvalue weighted by atomic mass is 16.5. The van der Waals surface area contributed by atoms with Crippen molar-refractivity contribution in [3.8, 4) is 5.75 Å². The lowest BCUT2D eigenvalue weighted by Gasteiger charge is -2.26. The van der Waals surface area contributed by atoms with E-state index < -0.39 is 11.9 Å². The van der Waals surface area contributed by atoms with Crippen molar-refractivity contribution >= 4 is 35.1 Å².